The number of carboxylic acids is 1. The van der Waals surface area contributed by atoms with Gasteiger partial charge in [0.15, 0.2) is 0 Å². The first kappa shape index (κ1) is 30.9. The van der Waals surface area contributed by atoms with Gasteiger partial charge in [0.1, 0.15) is 6.61 Å². The molecule has 0 spiro atoms. The third-order valence-electron chi connectivity index (χ3n) is 5.34. The second kappa shape index (κ2) is 23.0. The van der Waals surface area contributed by atoms with Crippen LogP contribution in [0.1, 0.15) is 96.8 Å². The van der Waals surface area contributed by atoms with E-state index < -0.39 is 11.9 Å². The summed E-state index contributed by atoms with van der Waals surface area (Å²) in [5.74, 6) is -2.08. The third kappa shape index (κ3) is 21.5. The van der Waals surface area contributed by atoms with Crippen molar-refractivity contribution in [2.24, 2.45) is 0 Å². The number of hydrogen-bond donors (Lipinski definition) is 2. The molecule has 0 aliphatic heterocycles. The zero-order valence-electron chi connectivity index (χ0n) is 20.5. The van der Waals surface area contributed by atoms with Crippen LogP contribution in [0, 0.1) is 0 Å². The van der Waals surface area contributed by atoms with E-state index in [4.69, 9.17) is 14.9 Å². The van der Waals surface area contributed by atoms with Crippen LogP contribution in [0.25, 0.3) is 0 Å². The highest BCUT2D eigenvalue weighted by atomic mass is 16.5. The van der Waals surface area contributed by atoms with Gasteiger partial charge >= 0.3 is 11.9 Å². The fourth-order valence-corrected chi connectivity index (χ4v) is 3.43. The van der Waals surface area contributed by atoms with E-state index in [1.54, 1.807) is 0 Å². The zero-order valence-corrected chi connectivity index (χ0v) is 20.5. The van der Waals surface area contributed by atoms with Gasteiger partial charge in [-0.1, -0.05) is 70.4 Å². The number of carboxylic acid groups (broad SMARTS) is 1. The minimum Gasteiger partial charge on any atom is -0.478 e. The van der Waals surface area contributed by atoms with E-state index >= 15 is 0 Å². The number of unbranched alkanes of at least 4 members (excludes halogenated alkanes) is 11. The van der Waals surface area contributed by atoms with Gasteiger partial charge < -0.3 is 19.8 Å². The van der Waals surface area contributed by atoms with Gasteiger partial charge in [0, 0.05) is 25.1 Å². The molecule has 33 heavy (non-hydrogen) atoms. The molecule has 0 saturated carbocycles. The number of aliphatic carboxylic acids is 1. The van der Waals surface area contributed by atoms with E-state index in [9.17, 15) is 14.4 Å². The van der Waals surface area contributed by atoms with E-state index in [2.05, 4.69) is 19.1 Å². The minimum absolute atomic E-state index is 0.0408. The van der Waals surface area contributed by atoms with Crippen LogP contribution in [0.4, 0.5) is 0 Å². The number of ether oxygens (including phenoxy) is 1. The van der Waals surface area contributed by atoms with Crippen molar-refractivity contribution in [2.45, 2.75) is 96.8 Å². The van der Waals surface area contributed by atoms with Gasteiger partial charge in [-0.3, -0.25) is 4.79 Å². The average molecular weight is 468 g/mol. The van der Waals surface area contributed by atoms with E-state index in [1.165, 1.54) is 56.3 Å². The first-order valence-electron chi connectivity index (χ1n) is 12.6. The highest BCUT2D eigenvalue weighted by molar-refractivity contribution is 5.90. The lowest BCUT2D eigenvalue weighted by Gasteiger charge is -2.21. The Hall–Kier alpha value is -2.15. The smallest absolute Gasteiger partial charge is 0.331 e. The number of nitrogens with zero attached hydrogens (tertiary/aromatic N) is 1. The number of carbonyl (C=O) groups is 3. The second-order valence-electron chi connectivity index (χ2n) is 8.28. The molecular weight excluding hydrogens is 422 g/mol. The van der Waals surface area contributed by atoms with Crippen molar-refractivity contribution in [1.29, 1.82) is 0 Å². The van der Waals surface area contributed by atoms with Gasteiger partial charge in [0.25, 0.3) is 0 Å². The quantitative estimate of drug-likeness (QED) is 0.100. The molecule has 7 nitrogen and oxygen atoms in total. The van der Waals surface area contributed by atoms with Gasteiger partial charge in [-0.15, -0.1) is 0 Å². The second-order valence-corrected chi connectivity index (χ2v) is 8.28. The summed E-state index contributed by atoms with van der Waals surface area (Å²) in [6.07, 6.45) is 22.1. The van der Waals surface area contributed by atoms with Crippen LogP contribution < -0.4 is 0 Å². The maximum atomic E-state index is 12.3. The van der Waals surface area contributed by atoms with Crippen LogP contribution in [-0.2, 0) is 19.1 Å². The van der Waals surface area contributed by atoms with Crippen LogP contribution in [0.5, 0.6) is 0 Å². The standard InChI is InChI=1S/C26H45NO6/c1-2-3-4-5-6-7-8-9-10-11-12-13-14-15-16-17-24(29)27(20-22-28)21-23-33-26(32)19-18-25(30)31/h9-10,18-19,28H,2-8,11-17,20-23H2,1H3,(H,30,31)/b10-9?,19-18-. The van der Waals surface area contributed by atoms with Crippen molar-refractivity contribution in [3.8, 4) is 0 Å². The number of esters is 1. The van der Waals surface area contributed by atoms with Crippen molar-refractivity contribution in [3.05, 3.63) is 24.3 Å². The van der Waals surface area contributed by atoms with Crippen LogP contribution in [0.15, 0.2) is 24.3 Å². The highest BCUT2D eigenvalue weighted by Gasteiger charge is 2.13. The molecule has 0 aromatic heterocycles. The predicted molar refractivity (Wildman–Crippen MR) is 131 cm³/mol. The largest absolute Gasteiger partial charge is 0.478 e. The Bertz CT molecular complexity index is 573. The van der Waals surface area contributed by atoms with Crippen molar-refractivity contribution in [1.82, 2.24) is 4.90 Å². The molecule has 190 valence electrons. The Labute approximate surface area is 199 Å². The molecule has 0 saturated heterocycles. The molecule has 0 aromatic rings. The van der Waals surface area contributed by atoms with Gasteiger partial charge in [0.2, 0.25) is 5.91 Å². The first-order chi connectivity index (χ1) is 16.0. The lowest BCUT2D eigenvalue weighted by Crippen LogP contribution is -2.36. The maximum Gasteiger partial charge on any atom is 0.331 e. The lowest BCUT2D eigenvalue weighted by molar-refractivity contribution is -0.141. The Kier molecular flexibility index (Phi) is 21.5. The summed E-state index contributed by atoms with van der Waals surface area (Å²) < 4.78 is 4.88. The molecule has 0 aromatic carbocycles. The number of hydrogen-bond acceptors (Lipinski definition) is 5. The molecule has 0 fully saturated rings. The highest BCUT2D eigenvalue weighted by Crippen LogP contribution is 2.10. The molecular formula is C26H45NO6. The topological polar surface area (TPSA) is 104 Å². The summed E-state index contributed by atoms with van der Waals surface area (Å²) in [5.41, 5.74) is 0. The van der Waals surface area contributed by atoms with Crippen LogP contribution in [-0.4, -0.2) is 59.3 Å². The molecule has 0 aliphatic rings. The molecule has 0 aliphatic carbocycles. The monoisotopic (exact) mass is 467 g/mol. The fourth-order valence-electron chi connectivity index (χ4n) is 3.43. The Morgan fingerprint density at radius 3 is 1.94 bits per heavy atom. The zero-order chi connectivity index (χ0) is 24.6. The van der Waals surface area contributed by atoms with Gasteiger partial charge in [0.05, 0.1) is 13.2 Å². The molecule has 1 amide bonds. The fraction of sp³-hybridized carbons (Fsp3) is 0.731. The molecule has 7 heteroatoms. The molecule has 0 heterocycles. The molecule has 0 radical (unpaired) electrons. The lowest BCUT2D eigenvalue weighted by atomic mass is 10.1. The van der Waals surface area contributed by atoms with Crippen LogP contribution in [0.3, 0.4) is 0 Å². The number of amides is 1. The normalized spacial score (nSPS) is 11.3. The molecule has 0 rings (SSSR count). The van der Waals surface area contributed by atoms with Crippen molar-refractivity contribution >= 4 is 17.8 Å². The summed E-state index contributed by atoms with van der Waals surface area (Å²) in [6, 6.07) is 0. The molecule has 0 atom stereocenters. The molecule has 0 unspecified atom stereocenters. The molecule has 2 N–H and O–H groups in total. The van der Waals surface area contributed by atoms with E-state index in [1.807, 2.05) is 0 Å². The maximum absolute atomic E-state index is 12.3. The van der Waals surface area contributed by atoms with Crippen molar-refractivity contribution < 1.29 is 29.3 Å². The van der Waals surface area contributed by atoms with E-state index in [0.29, 0.717) is 12.5 Å². The van der Waals surface area contributed by atoms with Gasteiger partial charge in [-0.25, -0.2) is 9.59 Å². The Balaban J connectivity index is 3.75. The third-order valence-corrected chi connectivity index (χ3v) is 5.34. The van der Waals surface area contributed by atoms with Crippen molar-refractivity contribution in [3.63, 3.8) is 0 Å². The summed E-state index contributed by atoms with van der Waals surface area (Å²) >= 11 is 0. The number of aliphatic hydroxyl groups is 1. The number of carbonyl (C=O) groups excluding carboxylic acids is 2. The molecule has 0 bridgehead atoms. The Morgan fingerprint density at radius 2 is 1.36 bits per heavy atom. The van der Waals surface area contributed by atoms with Gasteiger partial charge in [-0.05, 0) is 32.1 Å². The minimum atomic E-state index is -1.23. The van der Waals surface area contributed by atoms with Gasteiger partial charge in [-0.2, -0.15) is 0 Å². The number of rotatable bonds is 22. The Morgan fingerprint density at radius 1 is 0.788 bits per heavy atom. The SMILES string of the molecule is CCCCCCCCC=CCCCCCCCC(=O)N(CCO)CCOC(=O)/C=C\C(=O)O. The number of aliphatic hydroxyl groups excluding tert-OH is 1. The van der Waals surface area contributed by atoms with E-state index in [0.717, 1.165) is 38.2 Å². The summed E-state index contributed by atoms with van der Waals surface area (Å²) in [4.78, 5) is 35.5. The summed E-state index contributed by atoms with van der Waals surface area (Å²) in [7, 11) is 0. The van der Waals surface area contributed by atoms with E-state index in [-0.39, 0.29) is 32.2 Å². The van der Waals surface area contributed by atoms with Crippen LogP contribution in [0.2, 0.25) is 0 Å². The summed E-state index contributed by atoms with van der Waals surface area (Å²) in [6.45, 7) is 2.41. The predicted octanol–water partition coefficient (Wildman–Crippen LogP) is 5.03. The average Bonchev–Trinajstić information content (AvgIpc) is 2.79. The number of allylic oxidation sites excluding steroid dienone is 2. The van der Waals surface area contributed by atoms with Crippen LogP contribution >= 0.6 is 0 Å². The van der Waals surface area contributed by atoms with Crippen molar-refractivity contribution in [2.75, 3.05) is 26.3 Å². The summed E-state index contributed by atoms with van der Waals surface area (Å²) in [5, 5.41) is 17.6. The first-order valence-corrected chi connectivity index (χ1v) is 12.6.